The Bertz CT molecular complexity index is 748. The van der Waals surface area contributed by atoms with Gasteiger partial charge in [0.15, 0.2) is 11.5 Å². The lowest BCUT2D eigenvalue weighted by Gasteiger charge is -2.06. The van der Waals surface area contributed by atoms with Crippen LogP contribution in [0, 0.1) is 22.9 Å². The molecule has 1 aromatic heterocycles. The molecule has 7 nitrogen and oxygen atoms in total. The van der Waals surface area contributed by atoms with Crippen molar-refractivity contribution in [1.82, 2.24) is 4.98 Å². The number of nitrogens with one attached hydrogen (secondary N) is 1. The number of nitrogens with zero attached hydrogens (tertiary/aromatic N) is 2. The highest BCUT2D eigenvalue weighted by Crippen LogP contribution is 2.21. The first-order valence-corrected chi connectivity index (χ1v) is 7.46. The number of thiazole rings is 1. The third-order valence-electron chi connectivity index (χ3n) is 3.04. The van der Waals surface area contributed by atoms with Gasteiger partial charge in [0, 0.05) is 23.9 Å². The highest BCUT2D eigenvalue weighted by Gasteiger charge is 2.15. The molecular weight excluding hydrogens is 325 g/mol. The average molecular weight is 339 g/mol. The van der Waals surface area contributed by atoms with Gasteiger partial charge in [0.2, 0.25) is 0 Å². The number of esters is 1. The minimum absolute atomic E-state index is 0.178. The van der Waals surface area contributed by atoms with Crippen LogP contribution in [0.1, 0.15) is 20.4 Å². The molecule has 0 amide bonds. The molecule has 0 aliphatic rings. The summed E-state index contributed by atoms with van der Waals surface area (Å²) in [6.45, 7) is 2.15. The predicted octanol–water partition coefficient (Wildman–Crippen LogP) is 2.94. The Kier molecular flexibility index (Phi) is 5.22. The zero-order valence-electron chi connectivity index (χ0n) is 12.5. The Morgan fingerprint density at radius 2 is 2.26 bits per heavy atom. The largest absolute Gasteiger partial charge is 0.464 e. The van der Waals surface area contributed by atoms with Crippen LogP contribution in [0.4, 0.5) is 15.8 Å². The number of rotatable bonds is 6. The molecule has 0 radical (unpaired) electrons. The number of hydrogen-bond acceptors (Lipinski definition) is 7. The molecule has 9 heteroatoms. The van der Waals surface area contributed by atoms with Crippen LogP contribution in [0.15, 0.2) is 18.2 Å². The average Bonchev–Trinajstić information content (AvgIpc) is 2.88. The van der Waals surface area contributed by atoms with Crippen molar-refractivity contribution < 1.29 is 18.8 Å². The van der Waals surface area contributed by atoms with Crippen molar-refractivity contribution in [3.63, 3.8) is 0 Å². The van der Waals surface area contributed by atoms with Gasteiger partial charge in [0.1, 0.15) is 0 Å². The zero-order valence-corrected chi connectivity index (χ0v) is 13.3. The van der Waals surface area contributed by atoms with Crippen molar-refractivity contribution >= 4 is 28.7 Å². The maximum absolute atomic E-state index is 13.7. The normalized spacial score (nSPS) is 10.4. The lowest BCUT2D eigenvalue weighted by molar-refractivity contribution is -0.385. The molecule has 23 heavy (non-hydrogen) atoms. The highest BCUT2D eigenvalue weighted by molar-refractivity contribution is 7.11. The molecule has 1 N–H and O–H groups in total. The van der Waals surface area contributed by atoms with E-state index in [9.17, 15) is 19.3 Å². The van der Waals surface area contributed by atoms with Crippen LogP contribution < -0.4 is 5.32 Å². The Hall–Kier alpha value is -2.55. The van der Waals surface area contributed by atoms with Gasteiger partial charge in [-0.15, -0.1) is 11.3 Å². The van der Waals surface area contributed by atoms with E-state index in [4.69, 9.17) is 0 Å². The van der Waals surface area contributed by atoms with Crippen LogP contribution in [-0.4, -0.2) is 29.5 Å². The first-order chi connectivity index (χ1) is 10.9. The van der Waals surface area contributed by atoms with E-state index < -0.39 is 16.7 Å². The number of anilines is 1. The Morgan fingerprint density at radius 3 is 2.87 bits per heavy atom. The SMILES string of the molecule is COC(=O)c1nc(CCNc2ccc([N+](=O)[O-])cc2F)sc1C. The van der Waals surface area contributed by atoms with Gasteiger partial charge in [-0.3, -0.25) is 10.1 Å². The minimum atomic E-state index is -0.690. The van der Waals surface area contributed by atoms with Gasteiger partial charge >= 0.3 is 5.97 Å². The Morgan fingerprint density at radius 1 is 1.52 bits per heavy atom. The number of hydrogen-bond donors (Lipinski definition) is 1. The molecule has 0 spiro atoms. The fourth-order valence-corrected chi connectivity index (χ4v) is 2.83. The molecule has 0 atom stereocenters. The fourth-order valence-electron chi connectivity index (χ4n) is 1.91. The summed E-state index contributed by atoms with van der Waals surface area (Å²) >= 11 is 1.37. The van der Waals surface area contributed by atoms with Gasteiger partial charge in [0.25, 0.3) is 5.69 Å². The van der Waals surface area contributed by atoms with Gasteiger partial charge in [-0.2, -0.15) is 0 Å². The van der Waals surface area contributed by atoms with Crippen molar-refractivity contribution in [2.75, 3.05) is 19.0 Å². The molecule has 0 saturated heterocycles. The summed E-state index contributed by atoms with van der Waals surface area (Å²) in [4.78, 5) is 26.3. The molecule has 2 rings (SSSR count). The smallest absolute Gasteiger partial charge is 0.357 e. The number of ether oxygens (including phenoxy) is 1. The summed E-state index contributed by atoms with van der Waals surface area (Å²) in [5.41, 5.74) is 0.164. The van der Waals surface area contributed by atoms with Gasteiger partial charge in [-0.25, -0.2) is 14.2 Å². The molecule has 122 valence electrons. The van der Waals surface area contributed by atoms with Gasteiger partial charge in [-0.1, -0.05) is 0 Å². The number of carbonyl (C=O) groups is 1. The second kappa shape index (κ2) is 7.14. The quantitative estimate of drug-likeness (QED) is 0.494. The number of benzene rings is 1. The van der Waals surface area contributed by atoms with Crippen LogP contribution in [0.3, 0.4) is 0 Å². The van der Waals surface area contributed by atoms with Crippen LogP contribution in [-0.2, 0) is 11.2 Å². The monoisotopic (exact) mass is 339 g/mol. The molecule has 0 aliphatic heterocycles. The molecule has 0 saturated carbocycles. The first-order valence-electron chi connectivity index (χ1n) is 6.64. The number of aromatic nitrogens is 1. The third kappa shape index (κ3) is 4.01. The van der Waals surface area contributed by atoms with Crippen LogP contribution in [0.2, 0.25) is 0 Å². The summed E-state index contributed by atoms with van der Waals surface area (Å²) in [7, 11) is 1.29. The highest BCUT2D eigenvalue weighted by atomic mass is 32.1. The summed E-state index contributed by atoms with van der Waals surface area (Å²) in [6, 6.07) is 3.42. The molecule has 0 fully saturated rings. The van der Waals surface area contributed by atoms with E-state index in [1.54, 1.807) is 6.92 Å². The van der Waals surface area contributed by atoms with Crippen LogP contribution in [0.25, 0.3) is 0 Å². The molecule has 0 unspecified atom stereocenters. The third-order valence-corrected chi connectivity index (χ3v) is 4.07. The summed E-state index contributed by atoms with van der Waals surface area (Å²) < 4.78 is 18.4. The molecule has 1 heterocycles. The van der Waals surface area contributed by atoms with Crippen molar-refractivity contribution in [3.05, 3.63) is 49.7 Å². The van der Waals surface area contributed by atoms with Crippen molar-refractivity contribution in [2.24, 2.45) is 0 Å². The fraction of sp³-hybridized carbons (Fsp3) is 0.286. The van der Waals surface area contributed by atoms with E-state index in [0.29, 0.717) is 13.0 Å². The Balaban J connectivity index is 1.98. The summed E-state index contributed by atoms with van der Waals surface area (Å²) in [6.07, 6.45) is 0.485. The molecule has 0 aliphatic carbocycles. The molecular formula is C14H14FN3O4S. The number of halogens is 1. The van der Waals surface area contributed by atoms with Gasteiger partial charge in [0.05, 0.1) is 28.8 Å². The maximum Gasteiger partial charge on any atom is 0.357 e. The molecule has 1 aromatic carbocycles. The minimum Gasteiger partial charge on any atom is -0.464 e. The summed E-state index contributed by atoms with van der Waals surface area (Å²) in [5.74, 6) is -1.18. The standard InChI is InChI=1S/C14H14FN3O4S/c1-8-13(14(19)22-2)17-12(23-8)5-6-16-11-4-3-9(18(20)21)7-10(11)15/h3-4,7,16H,5-6H2,1-2H3. The second-order valence-electron chi connectivity index (χ2n) is 4.60. The Labute approximate surface area is 135 Å². The van der Waals surface area contributed by atoms with Gasteiger partial charge < -0.3 is 10.1 Å². The zero-order chi connectivity index (χ0) is 17.0. The predicted molar refractivity (Wildman–Crippen MR) is 83.4 cm³/mol. The number of carbonyl (C=O) groups excluding carboxylic acids is 1. The second-order valence-corrected chi connectivity index (χ2v) is 5.89. The number of methoxy groups -OCH3 is 1. The van der Waals surface area contributed by atoms with E-state index in [0.717, 1.165) is 16.0 Å². The van der Waals surface area contributed by atoms with Crippen LogP contribution in [0.5, 0.6) is 0 Å². The lowest BCUT2D eigenvalue weighted by atomic mass is 10.2. The van der Waals surface area contributed by atoms with Crippen molar-refractivity contribution in [3.8, 4) is 0 Å². The molecule has 2 aromatic rings. The number of non-ortho nitro benzene ring substituents is 1. The summed E-state index contributed by atoms with van der Waals surface area (Å²) in [5, 5.41) is 14.1. The lowest BCUT2D eigenvalue weighted by Crippen LogP contribution is -2.07. The van der Waals surface area contributed by atoms with E-state index in [2.05, 4.69) is 15.0 Å². The van der Waals surface area contributed by atoms with Gasteiger partial charge in [-0.05, 0) is 13.0 Å². The van der Waals surface area contributed by atoms with E-state index in [1.807, 2.05) is 0 Å². The number of nitro groups is 1. The topological polar surface area (TPSA) is 94.4 Å². The van der Waals surface area contributed by atoms with E-state index >= 15 is 0 Å². The van der Waals surface area contributed by atoms with Crippen LogP contribution >= 0.6 is 11.3 Å². The van der Waals surface area contributed by atoms with E-state index in [1.165, 1.54) is 30.6 Å². The van der Waals surface area contributed by atoms with Crippen molar-refractivity contribution in [1.29, 1.82) is 0 Å². The maximum atomic E-state index is 13.7. The van der Waals surface area contributed by atoms with E-state index in [-0.39, 0.29) is 17.1 Å². The first kappa shape index (κ1) is 16.8. The van der Waals surface area contributed by atoms with Crippen molar-refractivity contribution in [2.45, 2.75) is 13.3 Å². The molecule has 0 bridgehead atoms. The number of aryl methyl sites for hydroxylation is 1. The number of nitro benzene ring substituents is 1.